The van der Waals surface area contributed by atoms with Crippen molar-refractivity contribution in [2.75, 3.05) is 7.11 Å². The fourth-order valence-electron chi connectivity index (χ4n) is 3.17. The number of fused-ring (bicyclic) bond motifs is 1. The molecule has 0 spiro atoms. The molecule has 2 aromatic carbocycles. The first-order chi connectivity index (χ1) is 13.5. The Balaban J connectivity index is 1.65. The smallest absolute Gasteiger partial charge is 0.264 e. The van der Waals surface area contributed by atoms with Crippen LogP contribution in [0.25, 0.3) is 17.0 Å². The lowest BCUT2D eigenvalue weighted by atomic mass is 10.1. The summed E-state index contributed by atoms with van der Waals surface area (Å²) in [6.07, 6.45) is 4.05. The number of amides is 1. The van der Waals surface area contributed by atoms with Crippen molar-refractivity contribution in [1.29, 1.82) is 0 Å². The van der Waals surface area contributed by atoms with Crippen molar-refractivity contribution in [2.45, 2.75) is 19.9 Å². The van der Waals surface area contributed by atoms with E-state index >= 15 is 0 Å². The van der Waals surface area contributed by atoms with Crippen molar-refractivity contribution in [1.82, 2.24) is 9.88 Å². The third-order valence-electron chi connectivity index (χ3n) is 4.57. The van der Waals surface area contributed by atoms with Gasteiger partial charge in [-0.3, -0.25) is 4.79 Å². The number of carbonyl (C=O) groups is 1. The zero-order chi connectivity index (χ0) is 19.7. The molecule has 0 bridgehead atoms. The Bertz CT molecular complexity index is 1090. The van der Waals surface area contributed by atoms with Gasteiger partial charge in [0.1, 0.15) is 5.75 Å². The Morgan fingerprint density at radius 3 is 2.61 bits per heavy atom. The predicted molar refractivity (Wildman–Crippen MR) is 116 cm³/mol. The number of aliphatic imine (C=N–C) groups is 1. The molecule has 5 nitrogen and oxygen atoms in total. The molecule has 0 radical (unpaired) electrons. The van der Waals surface area contributed by atoms with Crippen molar-refractivity contribution >= 4 is 45.5 Å². The first-order valence-corrected chi connectivity index (χ1v) is 9.90. The van der Waals surface area contributed by atoms with Crippen molar-refractivity contribution in [3.63, 3.8) is 0 Å². The van der Waals surface area contributed by atoms with Gasteiger partial charge >= 0.3 is 0 Å². The lowest BCUT2D eigenvalue weighted by Crippen LogP contribution is -2.19. The topological polar surface area (TPSA) is 55.6 Å². The van der Waals surface area contributed by atoms with Crippen LogP contribution >= 0.6 is 11.8 Å². The zero-order valence-corrected chi connectivity index (χ0v) is 16.8. The minimum atomic E-state index is -0.126. The summed E-state index contributed by atoms with van der Waals surface area (Å²) in [7, 11) is 1.63. The van der Waals surface area contributed by atoms with Crippen LogP contribution in [0.4, 0.5) is 5.69 Å². The van der Waals surface area contributed by atoms with Crippen LogP contribution in [0.5, 0.6) is 5.75 Å². The van der Waals surface area contributed by atoms with Gasteiger partial charge < -0.3 is 14.6 Å². The number of ether oxygens (including phenoxy) is 1. The van der Waals surface area contributed by atoms with Gasteiger partial charge in [-0.1, -0.05) is 18.2 Å². The van der Waals surface area contributed by atoms with E-state index in [-0.39, 0.29) is 5.91 Å². The van der Waals surface area contributed by atoms with Gasteiger partial charge in [-0.25, -0.2) is 4.99 Å². The quantitative estimate of drug-likeness (QED) is 0.628. The highest BCUT2D eigenvalue weighted by Crippen LogP contribution is 2.32. The van der Waals surface area contributed by atoms with E-state index in [1.165, 1.54) is 17.3 Å². The number of methoxy groups -OCH3 is 1. The number of carbonyl (C=O) groups excluding carboxylic acids is 1. The number of nitrogens with one attached hydrogen (secondary N) is 1. The van der Waals surface area contributed by atoms with E-state index in [4.69, 9.17) is 4.74 Å². The number of hydrogen-bond donors (Lipinski definition) is 1. The lowest BCUT2D eigenvalue weighted by Gasteiger charge is -2.08. The maximum Gasteiger partial charge on any atom is 0.264 e. The number of amidine groups is 1. The first-order valence-electron chi connectivity index (χ1n) is 9.08. The van der Waals surface area contributed by atoms with Crippen LogP contribution in [-0.4, -0.2) is 22.8 Å². The summed E-state index contributed by atoms with van der Waals surface area (Å²) in [5.41, 5.74) is 2.97. The van der Waals surface area contributed by atoms with Crippen molar-refractivity contribution in [2.24, 2.45) is 4.99 Å². The number of nitrogens with zero attached hydrogens (tertiary/aromatic N) is 2. The average Bonchev–Trinajstić information content (AvgIpc) is 3.23. The highest BCUT2D eigenvalue weighted by molar-refractivity contribution is 8.18. The minimum Gasteiger partial charge on any atom is -0.497 e. The van der Waals surface area contributed by atoms with E-state index in [9.17, 15) is 4.79 Å². The Labute approximate surface area is 168 Å². The number of rotatable bonds is 4. The summed E-state index contributed by atoms with van der Waals surface area (Å²) in [5, 5.41) is 4.56. The molecular formula is C22H21N3O2S. The molecule has 4 rings (SSSR count). The molecule has 1 saturated heterocycles. The van der Waals surface area contributed by atoms with Crippen LogP contribution in [0.15, 0.2) is 64.6 Å². The fraction of sp³-hybridized carbons (Fsp3) is 0.182. The highest BCUT2D eigenvalue weighted by atomic mass is 32.2. The molecule has 1 N–H and O–H groups in total. The summed E-state index contributed by atoms with van der Waals surface area (Å²) in [4.78, 5) is 17.6. The molecule has 1 aliphatic rings. The minimum absolute atomic E-state index is 0.126. The predicted octanol–water partition coefficient (Wildman–Crippen LogP) is 5.12. The molecule has 6 heteroatoms. The lowest BCUT2D eigenvalue weighted by molar-refractivity contribution is -0.115. The number of para-hydroxylation sites is 1. The maximum absolute atomic E-state index is 12.4. The normalized spacial score (nSPS) is 17.1. The molecule has 0 saturated carbocycles. The van der Waals surface area contributed by atoms with E-state index < -0.39 is 0 Å². The fourth-order valence-corrected chi connectivity index (χ4v) is 4.00. The summed E-state index contributed by atoms with van der Waals surface area (Å²) in [5.74, 6) is 0.646. The van der Waals surface area contributed by atoms with Gasteiger partial charge in [0.25, 0.3) is 5.91 Å². The number of hydrogen-bond acceptors (Lipinski definition) is 4. The van der Waals surface area contributed by atoms with Gasteiger partial charge in [0.15, 0.2) is 5.17 Å². The molecular weight excluding hydrogens is 370 g/mol. The van der Waals surface area contributed by atoms with Gasteiger partial charge in [-0.05, 0) is 62.0 Å². The van der Waals surface area contributed by atoms with E-state index in [1.54, 1.807) is 7.11 Å². The number of benzene rings is 2. The van der Waals surface area contributed by atoms with E-state index in [1.807, 2.05) is 42.5 Å². The third-order valence-corrected chi connectivity index (χ3v) is 5.48. The van der Waals surface area contributed by atoms with Crippen LogP contribution in [0.1, 0.15) is 25.5 Å². The highest BCUT2D eigenvalue weighted by Gasteiger charge is 2.24. The molecule has 28 heavy (non-hydrogen) atoms. The molecule has 0 atom stereocenters. The molecule has 2 heterocycles. The van der Waals surface area contributed by atoms with Crippen molar-refractivity contribution < 1.29 is 9.53 Å². The molecule has 1 aromatic heterocycles. The second-order valence-electron chi connectivity index (χ2n) is 6.78. The van der Waals surface area contributed by atoms with Crippen LogP contribution < -0.4 is 10.1 Å². The molecule has 1 amide bonds. The molecule has 3 aromatic rings. The summed E-state index contributed by atoms with van der Waals surface area (Å²) in [6, 6.07) is 16.0. The maximum atomic E-state index is 12.4. The number of thioether (sulfide) groups is 1. The Kier molecular flexibility index (Phi) is 4.96. The van der Waals surface area contributed by atoms with Gasteiger partial charge in [0, 0.05) is 28.7 Å². The van der Waals surface area contributed by atoms with Gasteiger partial charge in [-0.15, -0.1) is 0 Å². The van der Waals surface area contributed by atoms with Crippen molar-refractivity contribution in [3.8, 4) is 5.75 Å². The van der Waals surface area contributed by atoms with Gasteiger partial charge in [0.05, 0.1) is 17.7 Å². The second-order valence-corrected chi connectivity index (χ2v) is 7.81. The molecule has 1 fully saturated rings. The van der Waals surface area contributed by atoms with Crippen LogP contribution in [0.2, 0.25) is 0 Å². The second kappa shape index (κ2) is 7.56. The van der Waals surface area contributed by atoms with E-state index in [0.29, 0.717) is 16.1 Å². The Morgan fingerprint density at radius 2 is 1.89 bits per heavy atom. The standard InChI is InChI=1S/C22H21N3O2S/c1-14(2)25-13-15(18-6-4-5-7-19(18)25)12-20-21(26)24-22(28-20)23-16-8-10-17(27-3)11-9-16/h4-14H,1-3H3,(H,23,24,26)/b20-12+. The summed E-state index contributed by atoms with van der Waals surface area (Å²) < 4.78 is 7.39. The van der Waals surface area contributed by atoms with Gasteiger partial charge in [-0.2, -0.15) is 0 Å². The molecule has 0 unspecified atom stereocenters. The first kappa shape index (κ1) is 18.4. The molecule has 0 aliphatic carbocycles. The summed E-state index contributed by atoms with van der Waals surface area (Å²) in [6.45, 7) is 4.31. The number of aromatic nitrogens is 1. The zero-order valence-electron chi connectivity index (χ0n) is 16.0. The SMILES string of the molecule is COc1ccc(N=C2NC(=O)/C(=C\c3cn(C(C)C)c4ccccc34)S2)cc1. The largest absolute Gasteiger partial charge is 0.497 e. The van der Waals surface area contributed by atoms with E-state index in [2.05, 4.69) is 47.1 Å². The third kappa shape index (κ3) is 3.55. The molecule has 1 aliphatic heterocycles. The Morgan fingerprint density at radius 1 is 1.14 bits per heavy atom. The van der Waals surface area contributed by atoms with Gasteiger partial charge in [0.2, 0.25) is 0 Å². The average molecular weight is 391 g/mol. The molecule has 142 valence electrons. The monoisotopic (exact) mass is 391 g/mol. The van der Waals surface area contributed by atoms with Crippen LogP contribution in [0, 0.1) is 0 Å². The van der Waals surface area contributed by atoms with Crippen LogP contribution in [-0.2, 0) is 4.79 Å². The van der Waals surface area contributed by atoms with Crippen LogP contribution in [0.3, 0.4) is 0 Å². The van der Waals surface area contributed by atoms with Crippen molar-refractivity contribution in [3.05, 3.63) is 65.2 Å². The summed E-state index contributed by atoms with van der Waals surface area (Å²) >= 11 is 1.35. The van der Waals surface area contributed by atoms with E-state index in [0.717, 1.165) is 22.4 Å². The Hall–Kier alpha value is -2.99.